The van der Waals surface area contributed by atoms with Gasteiger partial charge in [0.1, 0.15) is 0 Å². The van der Waals surface area contributed by atoms with Crippen molar-refractivity contribution in [2.24, 2.45) is 0 Å². The highest BCUT2D eigenvalue weighted by molar-refractivity contribution is 5.49. The van der Waals surface area contributed by atoms with Crippen LogP contribution >= 0.6 is 0 Å². The van der Waals surface area contributed by atoms with Crippen LogP contribution in [0.2, 0.25) is 0 Å². The zero-order valence-corrected chi connectivity index (χ0v) is 12.2. The monoisotopic (exact) mass is 273 g/mol. The van der Waals surface area contributed by atoms with Crippen LogP contribution in [0.25, 0.3) is 5.69 Å². The molecule has 0 bridgehead atoms. The molecule has 0 unspecified atom stereocenters. The lowest BCUT2D eigenvalue weighted by Gasteiger charge is -2.18. The van der Waals surface area contributed by atoms with Crippen molar-refractivity contribution in [2.75, 3.05) is 5.32 Å². The Bertz CT molecular complexity index is 562. The van der Waals surface area contributed by atoms with Crippen molar-refractivity contribution >= 4 is 5.69 Å². The summed E-state index contributed by atoms with van der Waals surface area (Å²) in [5, 5.41) is 3.57. The number of benzene rings is 1. The summed E-state index contributed by atoms with van der Waals surface area (Å²) < 4.78 is 1.60. The molecule has 0 spiro atoms. The van der Waals surface area contributed by atoms with Crippen LogP contribution in [0.3, 0.4) is 0 Å². The number of rotatable bonds is 7. The molecule has 20 heavy (non-hydrogen) atoms. The number of imidazole rings is 1. The fourth-order valence-corrected chi connectivity index (χ4v) is 2.46. The van der Waals surface area contributed by atoms with Crippen molar-refractivity contribution < 1.29 is 0 Å². The Kier molecular flexibility index (Phi) is 5.04. The third-order valence-corrected chi connectivity index (χ3v) is 3.44. The lowest BCUT2D eigenvalue weighted by atomic mass is 10.1. The average Bonchev–Trinajstić information content (AvgIpc) is 2.86. The van der Waals surface area contributed by atoms with Crippen LogP contribution < -0.4 is 11.0 Å². The summed E-state index contributed by atoms with van der Waals surface area (Å²) in [5.41, 5.74) is 1.88. The highest BCUT2D eigenvalue weighted by Gasteiger charge is 2.06. The van der Waals surface area contributed by atoms with Crippen LogP contribution in [-0.4, -0.2) is 15.6 Å². The van der Waals surface area contributed by atoms with E-state index in [-0.39, 0.29) is 5.69 Å². The molecule has 0 saturated heterocycles. The molecule has 2 N–H and O–H groups in total. The lowest BCUT2D eigenvalue weighted by Crippen LogP contribution is -2.19. The Morgan fingerprint density at radius 3 is 2.30 bits per heavy atom. The van der Waals surface area contributed by atoms with Gasteiger partial charge >= 0.3 is 5.69 Å². The Balaban J connectivity index is 2.08. The molecule has 0 aliphatic heterocycles. The quantitative estimate of drug-likeness (QED) is 0.810. The zero-order chi connectivity index (χ0) is 14.4. The molecule has 4 heteroatoms. The van der Waals surface area contributed by atoms with Gasteiger partial charge in [-0.1, -0.05) is 26.7 Å². The van der Waals surface area contributed by atoms with E-state index in [2.05, 4.69) is 24.1 Å². The summed E-state index contributed by atoms with van der Waals surface area (Å²) >= 11 is 0. The van der Waals surface area contributed by atoms with E-state index in [0.29, 0.717) is 6.04 Å². The molecule has 4 nitrogen and oxygen atoms in total. The van der Waals surface area contributed by atoms with Crippen molar-refractivity contribution in [3.05, 3.63) is 47.1 Å². The van der Waals surface area contributed by atoms with Crippen molar-refractivity contribution in [1.82, 2.24) is 9.55 Å². The minimum Gasteiger partial charge on any atom is -0.382 e. The summed E-state index contributed by atoms with van der Waals surface area (Å²) in [6, 6.07) is 8.53. The molecular weight excluding hydrogens is 250 g/mol. The number of aromatic nitrogens is 2. The third-order valence-electron chi connectivity index (χ3n) is 3.44. The van der Waals surface area contributed by atoms with Crippen LogP contribution in [0.5, 0.6) is 0 Å². The number of hydrogen-bond acceptors (Lipinski definition) is 2. The van der Waals surface area contributed by atoms with Gasteiger partial charge in [-0.15, -0.1) is 0 Å². The molecule has 0 amide bonds. The Hall–Kier alpha value is -1.97. The minimum absolute atomic E-state index is 0.111. The van der Waals surface area contributed by atoms with Gasteiger partial charge in [-0.2, -0.15) is 0 Å². The third kappa shape index (κ3) is 3.53. The van der Waals surface area contributed by atoms with E-state index in [1.807, 2.05) is 24.3 Å². The summed E-state index contributed by atoms with van der Waals surface area (Å²) in [5.74, 6) is 0. The molecule has 0 aliphatic carbocycles. The molecule has 0 fully saturated rings. The number of H-pyrrole nitrogens is 1. The predicted molar refractivity (Wildman–Crippen MR) is 83.6 cm³/mol. The Labute approximate surface area is 119 Å². The molecule has 1 aromatic carbocycles. The second-order valence-electron chi connectivity index (χ2n) is 5.10. The van der Waals surface area contributed by atoms with Crippen molar-refractivity contribution in [2.45, 2.75) is 45.6 Å². The van der Waals surface area contributed by atoms with Gasteiger partial charge in [-0.05, 0) is 37.1 Å². The van der Waals surface area contributed by atoms with Gasteiger partial charge in [0.25, 0.3) is 0 Å². The second-order valence-corrected chi connectivity index (χ2v) is 5.10. The first-order valence-electron chi connectivity index (χ1n) is 7.37. The largest absolute Gasteiger partial charge is 0.382 e. The first kappa shape index (κ1) is 14.4. The molecule has 108 valence electrons. The van der Waals surface area contributed by atoms with Gasteiger partial charge < -0.3 is 10.3 Å². The van der Waals surface area contributed by atoms with Crippen LogP contribution in [0.4, 0.5) is 5.69 Å². The van der Waals surface area contributed by atoms with Crippen LogP contribution in [0, 0.1) is 0 Å². The van der Waals surface area contributed by atoms with Crippen LogP contribution in [0.1, 0.15) is 39.5 Å². The number of aromatic amines is 1. The topological polar surface area (TPSA) is 49.8 Å². The summed E-state index contributed by atoms with van der Waals surface area (Å²) in [6.07, 6.45) is 8.14. The second kappa shape index (κ2) is 6.98. The van der Waals surface area contributed by atoms with E-state index < -0.39 is 0 Å². The Morgan fingerprint density at radius 1 is 1.15 bits per heavy atom. The van der Waals surface area contributed by atoms with Gasteiger partial charge in [-0.3, -0.25) is 4.57 Å². The van der Waals surface area contributed by atoms with E-state index >= 15 is 0 Å². The van der Waals surface area contributed by atoms with E-state index in [4.69, 9.17) is 0 Å². The molecule has 2 aromatic rings. The molecular formula is C16H23N3O. The molecule has 0 saturated carbocycles. The highest BCUT2D eigenvalue weighted by Crippen LogP contribution is 2.16. The van der Waals surface area contributed by atoms with E-state index in [1.165, 1.54) is 25.7 Å². The maximum Gasteiger partial charge on any atom is 0.330 e. The minimum atomic E-state index is -0.111. The normalized spacial score (nSPS) is 10.9. The molecule has 2 rings (SSSR count). The fraction of sp³-hybridized carbons (Fsp3) is 0.438. The van der Waals surface area contributed by atoms with Crippen LogP contribution in [0.15, 0.2) is 41.5 Å². The summed E-state index contributed by atoms with van der Waals surface area (Å²) in [4.78, 5) is 14.2. The molecule has 1 heterocycles. The first-order valence-corrected chi connectivity index (χ1v) is 7.37. The van der Waals surface area contributed by atoms with Gasteiger partial charge in [-0.25, -0.2) is 4.79 Å². The first-order chi connectivity index (χ1) is 9.74. The van der Waals surface area contributed by atoms with Gasteiger partial charge in [0.15, 0.2) is 0 Å². The van der Waals surface area contributed by atoms with Gasteiger partial charge in [0.2, 0.25) is 0 Å². The van der Waals surface area contributed by atoms with Gasteiger partial charge in [0, 0.05) is 24.1 Å². The zero-order valence-electron chi connectivity index (χ0n) is 12.2. The summed E-state index contributed by atoms with van der Waals surface area (Å²) in [6.45, 7) is 4.43. The van der Waals surface area contributed by atoms with Crippen molar-refractivity contribution in [3.8, 4) is 5.69 Å². The number of anilines is 1. The molecule has 0 aliphatic rings. The number of hydrogen-bond donors (Lipinski definition) is 2. The SMILES string of the molecule is CCCC(CCC)Nc1ccc(-n2cc[nH]c2=O)cc1. The maximum atomic E-state index is 11.5. The highest BCUT2D eigenvalue weighted by atomic mass is 16.1. The van der Waals surface area contributed by atoms with Gasteiger partial charge in [0.05, 0.1) is 5.69 Å². The molecule has 1 aromatic heterocycles. The fourth-order valence-electron chi connectivity index (χ4n) is 2.46. The van der Waals surface area contributed by atoms with E-state index in [0.717, 1.165) is 11.4 Å². The molecule has 0 atom stereocenters. The summed E-state index contributed by atoms with van der Waals surface area (Å²) in [7, 11) is 0. The lowest BCUT2D eigenvalue weighted by molar-refractivity contribution is 0.586. The van der Waals surface area contributed by atoms with E-state index in [9.17, 15) is 4.79 Å². The standard InChI is InChI=1S/C16H23N3O/c1-3-5-13(6-4-2)18-14-7-9-15(10-8-14)19-12-11-17-16(19)20/h7-13,18H,3-6H2,1-2H3,(H,17,20). The average molecular weight is 273 g/mol. The van der Waals surface area contributed by atoms with Crippen LogP contribution in [-0.2, 0) is 0 Å². The Morgan fingerprint density at radius 2 is 1.80 bits per heavy atom. The smallest absolute Gasteiger partial charge is 0.330 e. The maximum absolute atomic E-state index is 11.5. The van der Waals surface area contributed by atoms with Crippen molar-refractivity contribution in [3.63, 3.8) is 0 Å². The predicted octanol–water partition coefficient (Wildman–Crippen LogP) is 3.55. The van der Waals surface area contributed by atoms with E-state index in [1.54, 1.807) is 17.0 Å². The van der Waals surface area contributed by atoms with Crippen molar-refractivity contribution in [1.29, 1.82) is 0 Å². The number of nitrogens with zero attached hydrogens (tertiary/aromatic N) is 1. The molecule has 0 radical (unpaired) electrons. The number of nitrogens with one attached hydrogen (secondary N) is 2.